The van der Waals surface area contributed by atoms with E-state index in [0.29, 0.717) is 6.07 Å². The van der Waals surface area contributed by atoms with Crippen LogP contribution in [-0.4, -0.2) is 24.0 Å². The van der Waals surface area contributed by atoms with Crippen molar-refractivity contribution < 1.29 is 22.4 Å². The number of amides is 2. The predicted octanol–water partition coefficient (Wildman–Crippen LogP) is 3.69. The maximum absolute atomic E-state index is 13.8. The molecule has 3 nitrogen and oxygen atoms in total. The van der Waals surface area contributed by atoms with E-state index in [2.05, 4.69) is 0 Å². The third-order valence-corrected chi connectivity index (χ3v) is 3.67. The highest BCUT2D eigenvalue weighted by Gasteiger charge is 2.31. The molecule has 1 aliphatic rings. The number of carbonyl (C=O) groups excluding carboxylic acids is 1. The fourth-order valence-electron chi connectivity index (χ4n) is 2.51. The molecule has 0 N–H and O–H groups in total. The minimum Gasteiger partial charge on any atom is -0.318 e. The minimum atomic E-state index is -0.840. The molecule has 0 atom stereocenters. The van der Waals surface area contributed by atoms with Gasteiger partial charge in [-0.3, -0.25) is 4.90 Å². The Morgan fingerprint density at radius 2 is 1.52 bits per heavy atom. The molecule has 23 heavy (non-hydrogen) atoms. The van der Waals surface area contributed by atoms with E-state index in [0.717, 1.165) is 23.1 Å². The number of anilines is 1. The molecule has 120 valence electrons. The van der Waals surface area contributed by atoms with Crippen molar-refractivity contribution in [3.63, 3.8) is 0 Å². The lowest BCUT2D eigenvalue weighted by atomic mass is 10.2. The van der Waals surface area contributed by atoms with Crippen LogP contribution in [0.1, 0.15) is 5.56 Å². The summed E-state index contributed by atoms with van der Waals surface area (Å²) in [4.78, 5) is 14.8. The molecule has 3 rings (SSSR count). The zero-order valence-electron chi connectivity index (χ0n) is 11.9. The van der Waals surface area contributed by atoms with Crippen molar-refractivity contribution in [1.82, 2.24) is 4.90 Å². The van der Waals surface area contributed by atoms with Gasteiger partial charge < -0.3 is 4.90 Å². The van der Waals surface area contributed by atoms with Crippen molar-refractivity contribution in [2.75, 3.05) is 18.0 Å². The van der Waals surface area contributed by atoms with Gasteiger partial charge in [0, 0.05) is 30.8 Å². The Kier molecular flexibility index (Phi) is 3.94. The van der Waals surface area contributed by atoms with Gasteiger partial charge >= 0.3 is 6.03 Å². The molecule has 1 aliphatic heterocycles. The fourth-order valence-corrected chi connectivity index (χ4v) is 2.51. The Hall–Kier alpha value is -2.57. The van der Waals surface area contributed by atoms with Crippen molar-refractivity contribution in [3.8, 4) is 0 Å². The molecule has 2 aromatic carbocycles. The minimum absolute atomic E-state index is 0.0292. The maximum atomic E-state index is 13.8. The first-order valence-corrected chi connectivity index (χ1v) is 6.91. The first kappa shape index (κ1) is 15.3. The van der Waals surface area contributed by atoms with Crippen LogP contribution in [0.15, 0.2) is 36.4 Å². The zero-order chi connectivity index (χ0) is 16.6. The van der Waals surface area contributed by atoms with Crippen molar-refractivity contribution in [2.24, 2.45) is 0 Å². The van der Waals surface area contributed by atoms with Gasteiger partial charge in [0.15, 0.2) is 0 Å². The molecular formula is C16H12F4N2O. The summed E-state index contributed by atoms with van der Waals surface area (Å²) < 4.78 is 53.3. The number of urea groups is 1. The molecule has 0 spiro atoms. The summed E-state index contributed by atoms with van der Waals surface area (Å²) in [5, 5.41) is 0. The van der Waals surface area contributed by atoms with Gasteiger partial charge in [0.25, 0.3) is 0 Å². The van der Waals surface area contributed by atoms with Crippen LogP contribution in [0.25, 0.3) is 0 Å². The molecule has 0 unspecified atom stereocenters. The van der Waals surface area contributed by atoms with Crippen LogP contribution in [0.5, 0.6) is 0 Å². The largest absolute Gasteiger partial charge is 0.325 e. The van der Waals surface area contributed by atoms with Crippen LogP contribution in [-0.2, 0) is 6.54 Å². The average molecular weight is 324 g/mol. The smallest absolute Gasteiger partial charge is 0.318 e. The Morgan fingerprint density at radius 3 is 2.17 bits per heavy atom. The number of nitrogens with zero attached hydrogens (tertiary/aromatic N) is 2. The van der Waals surface area contributed by atoms with Crippen LogP contribution in [0, 0.1) is 23.3 Å². The molecule has 1 fully saturated rings. The van der Waals surface area contributed by atoms with E-state index in [-0.39, 0.29) is 30.9 Å². The molecule has 2 amide bonds. The summed E-state index contributed by atoms with van der Waals surface area (Å²) in [7, 11) is 0. The Bertz CT molecular complexity index is 766. The molecule has 0 aromatic heterocycles. The van der Waals surface area contributed by atoms with Gasteiger partial charge in [-0.2, -0.15) is 0 Å². The molecule has 0 aliphatic carbocycles. The second-order valence-corrected chi connectivity index (χ2v) is 5.19. The molecule has 1 saturated heterocycles. The number of carbonyl (C=O) groups is 1. The van der Waals surface area contributed by atoms with Gasteiger partial charge in [-0.1, -0.05) is 6.07 Å². The highest BCUT2D eigenvalue weighted by atomic mass is 19.1. The standard InChI is InChI=1S/C16H12F4N2O/c17-11-2-1-10(13(19)7-11)9-21-5-6-22(16(21)23)15-4-3-12(18)8-14(15)20/h1-4,7-8H,5-6,9H2. The first-order valence-electron chi connectivity index (χ1n) is 6.91. The summed E-state index contributed by atoms with van der Waals surface area (Å²) >= 11 is 0. The quantitative estimate of drug-likeness (QED) is 0.790. The average Bonchev–Trinajstić information content (AvgIpc) is 2.83. The highest BCUT2D eigenvalue weighted by molar-refractivity contribution is 5.94. The third-order valence-electron chi connectivity index (χ3n) is 3.67. The van der Waals surface area contributed by atoms with E-state index in [1.165, 1.54) is 17.0 Å². The normalized spacial score (nSPS) is 14.7. The monoisotopic (exact) mass is 324 g/mol. The summed E-state index contributed by atoms with van der Waals surface area (Å²) in [6.07, 6.45) is 0. The molecule has 0 bridgehead atoms. The lowest BCUT2D eigenvalue weighted by molar-refractivity contribution is 0.218. The van der Waals surface area contributed by atoms with E-state index >= 15 is 0 Å². The van der Waals surface area contributed by atoms with E-state index < -0.39 is 29.3 Å². The number of rotatable bonds is 3. The lowest BCUT2D eigenvalue weighted by Gasteiger charge is -2.19. The van der Waals surface area contributed by atoms with Gasteiger partial charge in [-0.05, 0) is 18.2 Å². The topological polar surface area (TPSA) is 23.6 Å². The van der Waals surface area contributed by atoms with Crippen molar-refractivity contribution >= 4 is 11.7 Å². The maximum Gasteiger partial charge on any atom is 0.325 e. The molecule has 7 heteroatoms. The predicted molar refractivity (Wildman–Crippen MR) is 75.9 cm³/mol. The van der Waals surface area contributed by atoms with Crippen LogP contribution in [0.3, 0.4) is 0 Å². The van der Waals surface area contributed by atoms with E-state index in [1.54, 1.807) is 0 Å². The number of halogens is 4. The van der Waals surface area contributed by atoms with E-state index in [1.807, 2.05) is 0 Å². The molecular weight excluding hydrogens is 312 g/mol. The Balaban J connectivity index is 1.78. The third kappa shape index (κ3) is 2.99. The van der Waals surface area contributed by atoms with Crippen molar-refractivity contribution in [3.05, 3.63) is 65.2 Å². The van der Waals surface area contributed by atoms with Crippen molar-refractivity contribution in [2.45, 2.75) is 6.54 Å². The molecule has 1 heterocycles. The summed E-state index contributed by atoms with van der Waals surface area (Å²) in [6.45, 7) is 0.404. The highest BCUT2D eigenvalue weighted by Crippen LogP contribution is 2.25. The SMILES string of the molecule is O=C1N(Cc2ccc(F)cc2F)CCN1c1ccc(F)cc1F. The summed E-state index contributed by atoms with van der Waals surface area (Å²) in [5.74, 6) is -3.02. The molecule has 0 saturated carbocycles. The summed E-state index contributed by atoms with van der Waals surface area (Å²) in [6, 6.07) is 5.55. The van der Waals surface area contributed by atoms with E-state index in [9.17, 15) is 22.4 Å². The van der Waals surface area contributed by atoms with Crippen LogP contribution in [0.2, 0.25) is 0 Å². The Morgan fingerprint density at radius 1 is 0.870 bits per heavy atom. The van der Waals surface area contributed by atoms with Crippen LogP contribution < -0.4 is 4.90 Å². The summed E-state index contributed by atoms with van der Waals surface area (Å²) in [5.41, 5.74) is 0.139. The van der Waals surface area contributed by atoms with Gasteiger partial charge in [0.2, 0.25) is 0 Å². The van der Waals surface area contributed by atoms with Gasteiger partial charge in [-0.15, -0.1) is 0 Å². The molecule has 2 aromatic rings. The lowest BCUT2D eigenvalue weighted by Crippen LogP contribution is -2.32. The van der Waals surface area contributed by atoms with Gasteiger partial charge in [-0.25, -0.2) is 22.4 Å². The van der Waals surface area contributed by atoms with Gasteiger partial charge in [0.1, 0.15) is 23.3 Å². The zero-order valence-corrected chi connectivity index (χ0v) is 11.9. The Labute approximate surface area is 129 Å². The van der Waals surface area contributed by atoms with Crippen molar-refractivity contribution in [1.29, 1.82) is 0 Å². The molecule has 0 radical (unpaired) electrons. The van der Waals surface area contributed by atoms with Crippen LogP contribution in [0.4, 0.5) is 28.0 Å². The second kappa shape index (κ2) is 5.91. The second-order valence-electron chi connectivity index (χ2n) is 5.19. The number of hydrogen-bond acceptors (Lipinski definition) is 1. The fraction of sp³-hybridized carbons (Fsp3) is 0.188. The number of benzene rings is 2. The first-order chi connectivity index (χ1) is 11.0. The number of hydrogen-bond donors (Lipinski definition) is 0. The van der Waals surface area contributed by atoms with Gasteiger partial charge in [0.05, 0.1) is 12.2 Å². The van der Waals surface area contributed by atoms with Crippen LogP contribution >= 0.6 is 0 Å². The van der Waals surface area contributed by atoms with E-state index in [4.69, 9.17) is 0 Å².